The van der Waals surface area contributed by atoms with Gasteiger partial charge in [0.2, 0.25) is 0 Å². The van der Waals surface area contributed by atoms with E-state index >= 15 is 0 Å². The van der Waals surface area contributed by atoms with Gasteiger partial charge in [0.1, 0.15) is 43.6 Å². The number of morpholine rings is 1. The monoisotopic (exact) mass is 502 g/mol. The summed E-state index contributed by atoms with van der Waals surface area (Å²) in [5.41, 5.74) is -0.0660. The lowest BCUT2D eigenvalue weighted by Gasteiger charge is -2.56. The predicted molar refractivity (Wildman–Crippen MR) is 132 cm³/mol. The maximum atomic E-state index is 13.6. The summed E-state index contributed by atoms with van der Waals surface area (Å²) in [4.78, 5) is 52.9. The Balaban J connectivity index is 1.16. The molecule has 4 saturated carbocycles. The topological polar surface area (TPSA) is 91.2 Å². The number of nitrogens with one attached hydrogen (secondary N) is 1. The number of fused-ring (bicyclic) bond motifs is 5. The van der Waals surface area contributed by atoms with Gasteiger partial charge in [0.05, 0.1) is 13.2 Å². The average Bonchev–Trinajstić information content (AvgIpc) is 3.31. The Labute approximate surface area is 215 Å². The second kappa shape index (κ2) is 10.6. The number of esters is 1. The van der Waals surface area contributed by atoms with Crippen LogP contribution in [0.4, 0.5) is 0 Å². The Hall–Kier alpha value is -1.60. The average molecular weight is 503 g/mol. The van der Waals surface area contributed by atoms with E-state index in [1.807, 2.05) is 0 Å². The van der Waals surface area contributed by atoms with Crippen LogP contribution in [0, 0.1) is 46.8 Å². The normalized spacial score (nSPS) is 39.8. The van der Waals surface area contributed by atoms with Gasteiger partial charge in [-0.05, 0) is 60.7 Å². The summed E-state index contributed by atoms with van der Waals surface area (Å²) < 4.78 is 10.9. The smallest absolute Gasteiger partial charge is 0.306 e. The Morgan fingerprint density at radius 1 is 1.08 bits per heavy atom. The molecule has 0 spiro atoms. The summed E-state index contributed by atoms with van der Waals surface area (Å²) in [7, 11) is 0. The molecular weight excluding hydrogens is 458 g/mol. The van der Waals surface area contributed by atoms with Crippen molar-refractivity contribution in [2.75, 3.05) is 39.5 Å². The highest BCUT2D eigenvalue weighted by molar-refractivity contribution is 5.91. The molecule has 0 amide bonds. The van der Waals surface area contributed by atoms with E-state index < -0.39 is 0 Å². The van der Waals surface area contributed by atoms with Crippen molar-refractivity contribution in [2.24, 2.45) is 46.8 Å². The van der Waals surface area contributed by atoms with Crippen molar-refractivity contribution in [3.8, 4) is 0 Å². The Bertz CT molecular complexity index is 881. The van der Waals surface area contributed by atoms with E-state index in [1.165, 1.54) is 4.90 Å². The zero-order chi connectivity index (χ0) is 25.4. The van der Waals surface area contributed by atoms with Crippen LogP contribution in [0.2, 0.25) is 0 Å². The van der Waals surface area contributed by atoms with Gasteiger partial charge in [-0.25, -0.2) is 0 Å². The highest BCUT2D eigenvalue weighted by Crippen LogP contribution is 2.62. The molecule has 5 fully saturated rings. The summed E-state index contributed by atoms with van der Waals surface area (Å²) in [5, 5.41) is 0. The van der Waals surface area contributed by atoms with Crippen molar-refractivity contribution in [3.63, 3.8) is 0 Å². The van der Waals surface area contributed by atoms with Gasteiger partial charge in [0.25, 0.3) is 0 Å². The van der Waals surface area contributed by atoms with Crippen molar-refractivity contribution >= 4 is 23.3 Å². The number of carbonyl (C=O) groups excluding carboxylic acids is 4. The van der Waals surface area contributed by atoms with Crippen LogP contribution in [0.15, 0.2) is 0 Å². The van der Waals surface area contributed by atoms with Gasteiger partial charge in [-0.2, -0.15) is 0 Å². The zero-order valence-corrected chi connectivity index (χ0v) is 22.1. The number of carbonyl (C=O) groups is 4. The number of rotatable bonds is 7. The highest BCUT2D eigenvalue weighted by Gasteiger charge is 2.61. The summed E-state index contributed by atoms with van der Waals surface area (Å²) in [6.07, 6.45) is 5.96. The fraction of sp³-hybridized carbons (Fsp3) is 0.862. The molecule has 1 saturated heterocycles. The van der Waals surface area contributed by atoms with Crippen LogP contribution in [0.3, 0.4) is 0 Å². The number of ether oxygens (including phenoxy) is 2. The number of hydrogen-bond donors (Lipinski definition) is 1. The third-order valence-electron chi connectivity index (χ3n) is 10.9. The molecule has 8 atom stereocenters. The molecule has 5 aliphatic rings. The quantitative estimate of drug-likeness (QED) is 0.536. The number of ketones is 3. The number of hydrogen-bond acceptors (Lipinski definition) is 6. The second-order valence-corrected chi connectivity index (χ2v) is 12.7. The molecular formula is C29H44NO6+. The van der Waals surface area contributed by atoms with Crippen molar-refractivity contribution in [2.45, 2.75) is 71.6 Å². The van der Waals surface area contributed by atoms with E-state index in [0.29, 0.717) is 50.3 Å². The van der Waals surface area contributed by atoms with Crippen LogP contribution in [0.1, 0.15) is 71.6 Å². The van der Waals surface area contributed by atoms with Gasteiger partial charge in [0.15, 0.2) is 0 Å². The van der Waals surface area contributed by atoms with Gasteiger partial charge >= 0.3 is 5.97 Å². The van der Waals surface area contributed by atoms with E-state index in [2.05, 4.69) is 13.8 Å². The first kappa shape index (κ1) is 26.0. The first-order valence-corrected chi connectivity index (χ1v) is 14.4. The molecule has 0 bridgehead atoms. The van der Waals surface area contributed by atoms with Crippen molar-refractivity contribution < 1.29 is 33.6 Å². The molecule has 7 heteroatoms. The number of Topliss-reactive ketones (excluding diaryl/α,β-unsaturated/α-hetero) is 3. The molecule has 4 aliphatic carbocycles. The fourth-order valence-corrected chi connectivity index (χ4v) is 8.71. The predicted octanol–water partition coefficient (Wildman–Crippen LogP) is 2.06. The minimum Gasteiger partial charge on any atom is -0.460 e. The SMILES string of the molecule is CC(CCC(=O)OCC[NH+]1CCOCC1)[C@H]1CC[C@@H]2[C@@H]1C(=O)C[C@H]1[C@H]2C(=O)C[C@@H]2CC(=O)CC[C@@]21C. The van der Waals surface area contributed by atoms with Crippen LogP contribution < -0.4 is 4.90 Å². The van der Waals surface area contributed by atoms with E-state index in [-0.39, 0.29) is 58.6 Å². The largest absolute Gasteiger partial charge is 0.460 e. The van der Waals surface area contributed by atoms with Crippen molar-refractivity contribution in [3.05, 3.63) is 0 Å². The van der Waals surface area contributed by atoms with Crippen LogP contribution in [-0.4, -0.2) is 62.8 Å². The molecule has 1 N–H and O–H groups in total. The molecule has 7 nitrogen and oxygen atoms in total. The third kappa shape index (κ3) is 4.94. The van der Waals surface area contributed by atoms with Gasteiger partial charge in [0, 0.05) is 43.9 Å². The second-order valence-electron chi connectivity index (χ2n) is 12.7. The maximum absolute atomic E-state index is 13.6. The third-order valence-corrected chi connectivity index (χ3v) is 10.9. The fourth-order valence-electron chi connectivity index (χ4n) is 8.71. The Morgan fingerprint density at radius 3 is 2.61 bits per heavy atom. The number of quaternary nitrogens is 1. The van der Waals surface area contributed by atoms with Gasteiger partial charge in [-0.15, -0.1) is 0 Å². The molecule has 1 heterocycles. The standard InChI is InChI=1S/C29H43NO6/c1-18(3-6-26(34)36-14-11-30-9-12-35-13-10-30)21-4-5-22-27(21)25(33)17-23-28(22)24(32)16-19-15-20(31)7-8-29(19,23)2/h18-19,21-23,27-28H,3-17H2,1-2H3/p+1/t18?,19-,21+,22+,23-,27+,28-,29-/m0/s1. The van der Waals surface area contributed by atoms with Crippen LogP contribution in [0.25, 0.3) is 0 Å². The van der Waals surface area contributed by atoms with Crippen LogP contribution in [0.5, 0.6) is 0 Å². The summed E-state index contributed by atoms with van der Waals surface area (Å²) in [6.45, 7) is 9.19. The molecule has 0 aromatic carbocycles. The molecule has 0 radical (unpaired) electrons. The van der Waals surface area contributed by atoms with Crippen LogP contribution >= 0.6 is 0 Å². The van der Waals surface area contributed by atoms with E-state index in [0.717, 1.165) is 58.5 Å². The molecule has 5 rings (SSSR count). The minimum atomic E-state index is -0.146. The molecule has 0 aromatic rings. The molecule has 200 valence electrons. The maximum Gasteiger partial charge on any atom is 0.306 e. The first-order valence-electron chi connectivity index (χ1n) is 14.4. The van der Waals surface area contributed by atoms with E-state index in [9.17, 15) is 19.2 Å². The van der Waals surface area contributed by atoms with Gasteiger partial charge in [-0.1, -0.05) is 13.8 Å². The van der Waals surface area contributed by atoms with Crippen LogP contribution in [-0.2, 0) is 28.7 Å². The molecule has 1 aliphatic heterocycles. The first-order chi connectivity index (χ1) is 17.3. The Kier molecular flexibility index (Phi) is 7.69. The summed E-state index contributed by atoms with van der Waals surface area (Å²) in [6, 6.07) is 0. The molecule has 0 aromatic heterocycles. The zero-order valence-electron chi connectivity index (χ0n) is 22.1. The summed E-state index contributed by atoms with van der Waals surface area (Å²) >= 11 is 0. The van der Waals surface area contributed by atoms with Crippen molar-refractivity contribution in [1.29, 1.82) is 0 Å². The lowest BCUT2D eigenvalue weighted by molar-refractivity contribution is -0.908. The van der Waals surface area contributed by atoms with E-state index in [4.69, 9.17) is 9.47 Å². The Morgan fingerprint density at radius 2 is 1.83 bits per heavy atom. The minimum absolute atomic E-state index is 0.0213. The lowest BCUT2D eigenvalue weighted by atomic mass is 9.46. The lowest BCUT2D eigenvalue weighted by Crippen LogP contribution is -3.14. The molecule has 36 heavy (non-hydrogen) atoms. The van der Waals surface area contributed by atoms with Gasteiger partial charge < -0.3 is 14.4 Å². The summed E-state index contributed by atoms with van der Waals surface area (Å²) in [5.74, 6) is 1.57. The molecule has 1 unspecified atom stereocenters. The van der Waals surface area contributed by atoms with Gasteiger partial charge in [-0.3, -0.25) is 19.2 Å². The van der Waals surface area contributed by atoms with E-state index in [1.54, 1.807) is 0 Å². The highest BCUT2D eigenvalue weighted by atomic mass is 16.5. The van der Waals surface area contributed by atoms with Crippen molar-refractivity contribution in [1.82, 2.24) is 0 Å².